The molecule has 0 bridgehead atoms. The van der Waals surface area contributed by atoms with Crippen LogP contribution in [0, 0.1) is 5.92 Å². The van der Waals surface area contributed by atoms with Crippen LogP contribution >= 0.6 is 0 Å². The van der Waals surface area contributed by atoms with Crippen molar-refractivity contribution in [2.45, 2.75) is 25.3 Å². The fraction of sp³-hybridized carbons (Fsp3) is 0.900. The highest BCUT2D eigenvalue weighted by atomic mass is 16.3. The summed E-state index contributed by atoms with van der Waals surface area (Å²) in [5.41, 5.74) is 0. The summed E-state index contributed by atoms with van der Waals surface area (Å²) in [5, 5.41) is 12.2. The minimum atomic E-state index is 0.0486. The third-order valence-corrected chi connectivity index (χ3v) is 3.21. The van der Waals surface area contributed by atoms with Crippen LogP contribution < -0.4 is 5.32 Å². The van der Waals surface area contributed by atoms with Crippen molar-refractivity contribution in [3.8, 4) is 0 Å². The van der Waals surface area contributed by atoms with Gasteiger partial charge in [0.2, 0.25) is 5.91 Å². The molecule has 0 radical (unpaired) electrons. The summed E-state index contributed by atoms with van der Waals surface area (Å²) in [4.78, 5) is 13.8. The predicted octanol–water partition coefficient (Wildman–Crippen LogP) is -0.421. The van der Waals surface area contributed by atoms with Gasteiger partial charge < -0.3 is 15.3 Å². The second-order valence-corrected chi connectivity index (χ2v) is 4.27. The Kier molecular flexibility index (Phi) is 3.03. The molecule has 2 aliphatic heterocycles. The number of hydrogen-bond acceptors (Lipinski definition) is 3. The molecular weight excluding hydrogens is 180 g/mol. The summed E-state index contributed by atoms with van der Waals surface area (Å²) >= 11 is 0. The van der Waals surface area contributed by atoms with Gasteiger partial charge in [0.15, 0.2) is 0 Å². The Morgan fingerprint density at radius 3 is 2.93 bits per heavy atom. The van der Waals surface area contributed by atoms with Crippen LogP contribution in [0.25, 0.3) is 0 Å². The largest absolute Gasteiger partial charge is 0.396 e. The second kappa shape index (κ2) is 4.28. The number of rotatable bonds is 2. The van der Waals surface area contributed by atoms with E-state index in [1.54, 1.807) is 0 Å². The molecule has 0 aromatic carbocycles. The van der Waals surface area contributed by atoms with Gasteiger partial charge in [0, 0.05) is 25.6 Å². The quantitative estimate of drug-likeness (QED) is 0.633. The second-order valence-electron chi connectivity index (χ2n) is 4.27. The molecule has 0 aromatic heterocycles. The van der Waals surface area contributed by atoms with Crippen LogP contribution in [0.3, 0.4) is 0 Å². The summed E-state index contributed by atoms with van der Waals surface area (Å²) in [6.45, 7) is 2.74. The Morgan fingerprint density at radius 1 is 1.50 bits per heavy atom. The molecule has 0 saturated carbocycles. The van der Waals surface area contributed by atoms with Crippen molar-refractivity contribution in [2.24, 2.45) is 5.92 Å². The lowest BCUT2D eigenvalue weighted by atomic mass is 10.1. The molecule has 4 heteroatoms. The highest BCUT2D eigenvalue weighted by molar-refractivity contribution is 5.82. The molecule has 0 spiro atoms. The number of amides is 1. The minimum Gasteiger partial charge on any atom is -0.396 e. The minimum absolute atomic E-state index is 0.0486. The molecule has 4 nitrogen and oxygen atoms in total. The molecule has 1 amide bonds. The Morgan fingerprint density at radius 2 is 2.36 bits per heavy atom. The third kappa shape index (κ3) is 1.91. The standard InChI is InChI=1S/C10H18N2O2/c13-7-8-3-5-12(6-8)10(14)9-2-1-4-11-9/h8-9,11,13H,1-7H2/t8?,9-/m1/s1. The molecule has 2 fully saturated rings. The van der Waals surface area contributed by atoms with Gasteiger partial charge in [-0.1, -0.05) is 0 Å². The van der Waals surface area contributed by atoms with Gasteiger partial charge in [0.25, 0.3) is 0 Å². The summed E-state index contributed by atoms with van der Waals surface area (Å²) in [6, 6.07) is 0.0486. The van der Waals surface area contributed by atoms with E-state index in [0.717, 1.165) is 38.9 Å². The van der Waals surface area contributed by atoms with Crippen LogP contribution in [0.1, 0.15) is 19.3 Å². The predicted molar refractivity (Wildman–Crippen MR) is 52.8 cm³/mol. The number of nitrogens with one attached hydrogen (secondary N) is 1. The van der Waals surface area contributed by atoms with Crippen LogP contribution in [0.15, 0.2) is 0 Å². The molecule has 2 heterocycles. The van der Waals surface area contributed by atoms with Crippen LogP contribution in [0.4, 0.5) is 0 Å². The van der Waals surface area contributed by atoms with Crippen molar-refractivity contribution in [3.63, 3.8) is 0 Å². The van der Waals surface area contributed by atoms with E-state index in [1.807, 2.05) is 4.90 Å². The van der Waals surface area contributed by atoms with Crippen molar-refractivity contribution in [2.75, 3.05) is 26.2 Å². The first-order valence-corrected chi connectivity index (χ1v) is 5.44. The lowest BCUT2D eigenvalue weighted by Crippen LogP contribution is -2.42. The molecule has 2 aliphatic rings. The van der Waals surface area contributed by atoms with E-state index in [-0.39, 0.29) is 18.6 Å². The fourth-order valence-corrected chi connectivity index (χ4v) is 2.30. The maximum Gasteiger partial charge on any atom is 0.239 e. The van der Waals surface area contributed by atoms with Crippen molar-refractivity contribution in [1.29, 1.82) is 0 Å². The number of hydrogen-bond donors (Lipinski definition) is 2. The fourth-order valence-electron chi connectivity index (χ4n) is 2.30. The number of nitrogens with zero attached hydrogens (tertiary/aromatic N) is 1. The normalized spacial score (nSPS) is 32.5. The van der Waals surface area contributed by atoms with E-state index in [0.29, 0.717) is 5.92 Å². The van der Waals surface area contributed by atoms with Gasteiger partial charge in [-0.25, -0.2) is 0 Å². The Hall–Kier alpha value is -0.610. The van der Waals surface area contributed by atoms with Crippen molar-refractivity contribution in [1.82, 2.24) is 10.2 Å². The highest BCUT2D eigenvalue weighted by Gasteiger charge is 2.31. The molecule has 80 valence electrons. The average Bonchev–Trinajstić information content (AvgIpc) is 2.88. The van der Waals surface area contributed by atoms with E-state index < -0.39 is 0 Å². The highest BCUT2D eigenvalue weighted by Crippen LogP contribution is 2.18. The molecule has 2 saturated heterocycles. The molecular formula is C10H18N2O2. The number of carbonyl (C=O) groups is 1. The summed E-state index contributed by atoms with van der Waals surface area (Å²) in [6.07, 6.45) is 3.03. The van der Waals surface area contributed by atoms with E-state index in [2.05, 4.69) is 5.32 Å². The summed E-state index contributed by atoms with van der Waals surface area (Å²) in [5.74, 6) is 0.541. The molecule has 2 atom stereocenters. The molecule has 0 aliphatic carbocycles. The zero-order valence-electron chi connectivity index (χ0n) is 8.41. The lowest BCUT2D eigenvalue weighted by molar-refractivity contribution is -0.132. The zero-order chi connectivity index (χ0) is 9.97. The lowest BCUT2D eigenvalue weighted by Gasteiger charge is -2.20. The van der Waals surface area contributed by atoms with Gasteiger partial charge in [0.05, 0.1) is 6.04 Å². The first-order valence-electron chi connectivity index (χ1n) is 5.44. The van der Waals surface area contributed by atoms with E-state index in [1.165, 1.54) is 0 Å². The van der Waals surface area contributed by atoms with Gasteiger partial charge in [-0.3, -0.25) is 4.79 Å². The third-order valence-electron chi connectivity index (χ3n) is 3.21. The van der Waals surface area contributed by atoms with Crippen molar-refractivity contribution in [3.05, 3.63) is 0 Å². The van der Waals surface area contributed by atoms with Crippen LogP contribution in [0.5, 0.6) is 0 Å². The summed E-state index contributed by atoms with van der Waals surface area (Å²) < 4.78 is 0. The molecule has 2 N–H and O–H groups in total. The maximum atomic E-state index is 11.9. The monoisotopic (exact) mass is 198 g/mol. The average molecular weight is 198 g/mol. The molecule has 14 heavy (non-hydrogen) atoms. The number of aliphatic hydroxyl groups is 1. The number of aliphatic hydroxyl groups excluding tert-OH is 1. The first-order chi connectivity index (χ1) is 6.81. The van der Waals surface area contributed by atoms with E-state index in [4.69, 9.17) is 5.11 Å². The molecule has 0 aromatic rings. The molecule has 2 rings (SSSR count). The topological polar surface area (TPSA) is 52.6 Å². The maximum absolute atomic E-state index is 11.9. The first kappa shape index (κ1) is 9.93. The summed E-state index contributed by atoms with van der Waals surface area (Å²) in [7, 11) is 0. The Balaban J connectivity index is 1.86. The van der Waals surface area contributed by atoms with E-state index >= 15 is 0 Å². The van der Waals surface area contributed by atoms with Crippen LogP contribution in [-0.2, 0) is 4.79 Å². The Bertz CT molecular complexity index is 214. The SMILES string of the molecule is O=C([C@H]1CCCN1)N1CCC(CO)C1. The molecule has 1 unspecified atom stereocenters. The smallest absolute Gasteiger partial charge is 0.239 e. The van der Waals surface area contributed by atoms with Gasteiger partial charge in [-0.05, 0) is 25.8 Å². The van der Waals surface area contributed by atoms with Crippen molar-refractivity contribution < 1.29 is 9.90 Å². The van der Waals surface area contributed by atoms with Crippen LogP contribution in [-0.4, -0.2) is 48.2 Å². The Labute approximate surface area is 84.3 Å². The van der Waals surface area contributed by atoms with Gasteiger partial charge in [-0.15, -0.1) is 0 Å². The number of likely N-dealkylation sites (tertiary alicyclic amines) is 1. The van der Waals surface area contributed by atoms with Crippen molar-refractivity contribution >= 4 is 5.91 Å². The number of carbonyl (C=O) groups excluding carboxylic acids is 1. The van der Waals surface area contributed by atoms with Gasteiger partial charge >= 0.3 is 0 Å². The van der Waals surface area contributed by atoms with E-state index in [9.17, 15) is 4.79 Å². The zero-order valence-corrected chi connectivity index (χ0v) is 8.41. The van der Waals surface area contributed by atoms with Gasteiger partial charge in [0.1, 0.15) is 0 Å². The van der Waals surface area contributed by atoms with Crippen LogP contribution in [0.2, 0.25) is 0 Å². The van der Waals surface area contributed by atoms with Gasteiger partial charge in [-0.2, -0.15) is 0 Å².